The lowest BCUT2D eigenvalue weighted by Gasteiger charge is -2.35. The zero-order valence-corrected chi connectivity index (χ0v) is 20.4. The third-order valence-corrected chi connectivity index (χ3v) is 7.56. The van der Waals surface area contributed by atoms with Gasteiger partial charge in [-0.25, -0.2) is 8.42 Å². The van der Waals surface area contributed by atoms with Crippen molar-refractivity contribution in [1.29, 1.82) is 0 Å². The molecule has 1 N–H and O–H groups in total. The van der Waals surface area contributed by atoms with Crippen LogP contribution in [-0.4, -0.2) is 34.1 Å². The van der Waals surface area contributed by atoms with Crippen molar-refractivity contribution in [3.05, 3.63) is 77.9 Å². The van der Waals surface area contributed by atoms with Crippen molar-refractivity contribution in [2.75, 3.05) is 23.3 Å². The van der Waals surface area contributed by atoms with Gasteiger partial charge in [-0.05, 0) is 72.5 Å². The summed E-state index contributed by atoms with van der Waals surface area (Å²) in [5, 5.41) is 2.85. The molecule has 8 heteroatoms. The number of sulfonamides is 1. The van der Waals surface area contributed by atoms with E-state index in [1.165, 1.54) is 23.5 Å². The van der Waals surface area contributed by atoms with E-state index in [2.05, 4.69) is 19.2 Å². The Morgan fingerprint density at radius 1 is 1.06 bits per heavy atom. The number of hydrogen-bond donors (Lipinski definition) is 1. The Kier molecular flexibility index (Phi) is 6.52. The first kappa shape index (κ1) is 23.6. The number of rotatable bonds is 6. The molecule has 0 fully saturated rings. The van der Waals surface area contributed by atoms with Gasteiger partial charge >= 0.3 is 0 Å². The molecule has 178 valence electrons. The molecule has 0 radical (unpaired) electrons. The van der Waals surface area contributed by atoms with Crippen LogP contribution in [0.15, 0.2) is 71.6 Å². The molecule has 0 aliphatic carbocycles. The van der Waals surface area contributed by atoms with Crippen molar-refractivity contribution in [2.45, 2.75) is 37.7 Å². The van der Waals surface area contributed by atoms with E-state index in [1.54, 1.807) is 24.3 Å². The fraction of sp³-hybridized carbons (Fsp3) is 0.269. The highest BCUT2D eigenvalue weighted by Gasteiger charge is 2.37. The number of anilines is 2. The molecule has 1 amide bonds. The minimum absolute atomic E-state index is 0.102. The van der Waals surface area contributed by atoms with Crippen molar-refractivity contribution in [2.24, 2.45) is 0 Å². The minimum atomic E-state index is -3.95. The zero-order valence-electron chi connectivity index (χ0n) is 19.6. The smallest absolute Gasteiger partial charge is 0.267 e. The molecule has 1 aliphatic heterocycles. The summed E-state index contributed by atoms with van der Waals surface area (Å²) in [4.78, 5) is 13.2. The van der Waals surface area contributed by atoms with Gasteiger partial charge in [0.25, 0.3) is 15.9 Å². The average Bonchev–Trinajstić information content (AvgIpc) is 2.83. The van der Waals surface area contributed by atoms with E-state index in [9.17, 15) is 13.2 Å². The lowest BCUT2D eigenvalue weighted by atomic mass is 10.0. The Bertz CT molecular complexity index is 1290. The van der Waals surface area contributed by atoms with Gasteiger partial charge in [-0.15, -0.1) is 0 Å². The number of amides is 1. The van der Waals surface area contributed by atoms with Crippen LogP contribution in [0, 0.1) is 6.92 Å². The van der Waals surface area contributed by atoms with Gasteiger partial charge in [0.15, 0.2) is 6.10 Å². The summed E-state index contributed by atoms with van der Waals surface area (Å²) in [6.07, 6.45) is -1.02. The highest BCUT2D eigenvalue weighted by Crippen LogP contribution is 2.38. The number of nitrogens with one attached hydrogen (secondary N) is 1. The number of methoxy groups -OCH3 is 1. The van der Waals surface area contributed by atoms with E-state index in [-0.39, 0.29) is 11.4 Å². The Balaban J connectivity index is 1.64. The summed E-state index contributed by atoms with van der Waals surface area (Å²) in [7, 11) is -2.43. The lowest BCUT2D eigenvalue weighted by molar-refractivity contribution is -0.122. The van der Waals surface area contributed by atoms with E-state index in [0.29, 0.717) is 28.8 Å². The zero-order chi connectivity index (χ0) is 24.5. The predicted molar refractivity (Wildman–Crippen MR) is 132 cm³/mol. The maximum absolute atomic E-state index is 13.6. The van der Waals surface area contributed by atoms with Gasteiger partial charge < -0.3 is 14.8 Å². The molecule has 7 nitrogen and oxygen atoms in total. The van der Waals surface area contributed by atoms with Crippen LogP contribution in [-0.2, 0) is 14.8 Å². The molecule has 0 aromatic heterocycles. The standard InChI is InChI=1S/C26H28N2O5S/c1-17(2)19-6-8-20(9-7-19)27-26(29)25-16-28(23-14-5-18(3)15-24(23)33-25)34(30,31)22-12-10-21(32-4)11-13-22/h5-15,17,25H,16H2,1-4H3,(H,27,29). The molecule has 34 heavy (non-hydrogen) atoms. The highest BCUT2D eigenvalue weighted by molar-refractivity contribution is 7.92. The van der Waals surface area contributed by atoms with Crippen LogP contribution < -0.4 is 19.1 Å². The van der Waals surface area contributed by atoms with Gasteiger partial charge in [-0.2, -0.15) is 0 Å². The van der Waals surface area contributed by atoms with Gasteiger partial charge in [0, 0.05) is 5.69 Å². The minimum Gasteiger partial charge on any atom is -0.497 e. The maximum atomic E-state index is 13.6. The third kappa shape index (κ3) is 4.72. The monoisotopic (exact) mass is 480 g/mol. The quantitative estimate of drug-likeness (QED) is 0.552. The van der Waals surface area contributed by atoms with Crippen LogP contribution in [0.2, 0.25) is 0 Å². The number of carbonyl (C=O) groups is 1. The molecule has 4 rings (SSSR count). The van der Waals surface area contributed by atoms with Crippen LogP contribution >= 0.6 is 0 Å². The van der Waals surface area contributed by atoms with Crippen LogP contribution in [0.25, 0.3) is 0 Å². The Morgan fingerprint density at radius 3 is 2.35 bits per heavy atom. The summed E-state index contributed by atoms with van der Waals surface area (Å²) >= 11 is 0. The molecule has 1 heterocycles. The molecule has 3 aromatic carbocycles. The molecule has 1 atom stereocenters. The number of benzene rings is 3. The molecule has 0 bridgehead atoms. The Labute approximate surface area is 200 Å². The van der Waals surface area contributed by atoms with Gasteiger partial charge in [-0.3, -0.25) is 9.10 Å². The molecule has 0 spiro atoms. The van der Waals surface area contributed by atoms with Crippen LogP contribution in [0.5, 0.6) is 11.5 Å². The van der Waals surface area contributed by atoms with Gasteiger partial charge in [0.2, 0.25) is 0 Å². The fourth-order valence-corrected chi connectivity index (χ4v) is 5.25. The summed E-state index contributed by atoms with van der Waals surface area (Å²) in [6.45, 7) is 5.92. The topological polar surface area (TPSA) is 84.9 Å². The number of ether oxygens (including phenoxy) is 2. The normalized spacial score (nSPS) is 15.4. The van der Waals surface area contributed by atoms with E-state index < -0.39 is 22.0 Å². The first-order chi connectivity index (χ1) is 16.2. The molecule has 1 aliphatic rings. The second-order valence-corrected chi connectivity index (χ2v) is 10.4. The third-order valence-electron chi connectivity index (χ3n) is 5.77. The molecular weight excluding hydrogens is 452 g/mol. The highest BCUT2D eigenvalue weighted by atomic mass is 32.2. The second-order valence-electron chi connectivity index (χ2n) is 8.56. The van der Waals surface area contributed by atoms with Crippen molar-refractivity contribution < 1.29 is 22.7 Å². The average molecular weight is 481 g/mol. The number of fused-ring (bicyclic) bond motifs is 1. The first-order valence-electron chi connectivity index (χ1n) is 11.0. The summed E-state index contributed by atoms with van der Waals surface area (Å²) < 4.78 is 39.5. The summed E-state index contributed by atoms with van der Waals surface area (Å²) in [6, 6.07) is 19.0. The number of carbonyl (C=O) groups excluding carboxylic acids is 1. The van der Waals surface area contributed by atoms with Crippen LogP contribution in [0.4, 0.5) is 11.4 Å². The number of nitrogens with zero attached hydrogens (tertiary/aromatic N) is 1. The Hall–Kier alpha value is -3.52. The number of aryl methyl sites for hydroxylation is 1. The first-order valence-corrected chi connectivity index (χ1v) is 12.5. The largest absolute Gasteiger partial charge is 0.497 e. The summed E-state index contributed by atoms with van der Waals surface area (Å²) in [5.74, 6) is 0.860. The van der Waals surface area contributed by atoms with Gasteiger partial charge in [-0.1, -0.05) is 32.0 Å². The lowest BCUT2D eigenvalue weighted by Crippen LogP contribution is -2.48. The van der Waals surface area contributed by atoms with E-state index in [0.717, 1.165) is 11.1 Å². The van der Waals surface area contributed by atoms with Gasteiger partial charge in [0.05, 0.1) is 24.2 Å². The van der Waals surface area contributed by atoms with Crippen molar-refractivity contribution in [1.82, 2.24) is 0 Å². The van der Waals surface area contributed by atoms with E-state index in [4.69, 9.17) is 9.47 Å². The predicted octanol–water partition coefficient (Wildman–Crippen LogP) is 4.72. The molecule has 0 saturated carbocycles. The molecule has 1 unspecified atom stereocenters. The maximum Gasteiger partial charge on any atom is 0.267 e. The fourth-order valence-electron chi connectivity index (χ4n) is 3.77. The summed E-state index contributed by atoms with van der Waals surface area (Å²) in [5.41, 5.74) is 3.07. The van der Waals surface area contributed by atoms with Crippen molar-refractivity contribution in [3.63, 3.8) is 0 Å². The van der Waals surface area contributed by atoms with Gasteiger partial charge in [0.1, 0.15) is 11.5 Å². The number of hydrogen-bond acceptors (Lipinski definition) is 5. The van der Waals surface area contributed by atoms with Crippen LogP contribution in [0.1, 0.15) is 30.9 Å². The van der Waals surface area contributed by atoms with Crippen molar-refractivity contribution in [3.8, 4) is 11.5 Å². The van der Waals surface area contributed by atoms with E-state index in [1.807, 2.05) is 37.3 Å². The van der Waals surface area contributed by atoms with Crippen LogP contribution in [0.3, 0.4) is 0 Å². The second kappa shape index (κ2) is 9.38. The molecule has 0 saturated heterocycles. The SMILES string of the molecule is COc1ccc(S(=O)(=O)N2CC(C(=O)Nc3ccc(C(C)C)cc3)Oc3cc(C)ccc32)cc1. The van der Waals surface area contributed by atoms with Crippen molar-refractivity contribution >= 4 is 27.3 Å². The molecule has 3 aromatic rings. The van der Waals surface area contributed by atoms with E-state index >= 15 is 0 Å². The Morgan fingerprint density at radius 2 is 1.74 bits per heavy atom. The molecular formula is C26H28N2O5S.